The fraction of sp³-hybridized carbons (Fsp3) is 0.589. The van der Waals surface area contributed by atoms with Gasteiger partial charge in [0.25, 0.3) is 23.6 Å². The number of amides is 4. The molecular formula is C56H79FN6O12. The molecule has 0 unspecified atom stereocenters. The van der Waals surface area contributed by atoms with Crippen LogP contribution in [0.1, 0.15) is 112 Å². The highest BCUT2D eigenvalue weighted by atomic mass is 19.1. The minimum atomic E-state index is -1.59. The Kier molecular flexibility index (Phi) is 22.5. The highest BCUT2D eigenvalue weighted by molar-refractivity contribution is 5.94. The molecule has 2 heterocycles. The van der Waals surface area contributed by atoms with Crippen molar-refractivity contribution in [1.82, 2.24) is 29.4 Å². The van der Waals surface area contributed by atoms with Gasteiger partial charge in [0.15, 0.2) is 30.2 Å². The summed E-state index contributed by atoms with van der Waals surface area (Å²) in [6.45, 7) is 17.5. The summed E-state index contributed by atoms with van der Waals surface area (Å²) in [6.07, 6.45) is -3.78. The summed E-state index contributed by atoms with van der Waals surface area (Å²) in [4.78, 5) is 121. The Hall–Kier alpha value is -6.66. The zero-order valence-electron chi connectivity index (χ0n) is 46.2. The molecule has 18 nitrogen and oxygen atoms in total. The number of carbonyl (C=O) groups is 8. The molecule has 0 saturated carbocycles. The second-order valence-electron chi connectivity index (χ2n) is 21.5. The zero-order chi connectivity index (χ0) is 56.0. The van der Waals surface area contributed by atoms with E-state index in [9.17, 15) is 42.7 Å². The molecule has 0 bridgehead atoms. The molecule has 412 valence electrons. The third-order valence-electron chi connectivity index (χ3n) is 13.1. The van der Waals surface area contributed by atoms with E-state index in [1.54, 1.807) is 54.6 Å². The van der Waals surface area contributed by atoms with E-state index >= 15 is 0 Å². The van der Waals surface area contributed by atoms with Crippen LogP contribution >= 0.6 is 0 Å². The molecule has 1 aliphatic rings. The van der Waals surface area contributed by atoms with Crippen molar-refractivity contribution >= 4 is 47.5 Å². The number of nitrogens with zero attached hydrogens (tertiary/aromatic N) is 6. The summed E-state index contributed by atoms with van der Waals surface area (Å²) in [6, 6.07) is 10.6. The normalized spacial score (nSPS) is 24.0. The Bertz CT molecular complexity index is 2430. The zero-order valence-corrected chi connectivity index (χ0v) is 46.2. The molecule has 75 heavy (non-hydrogen) atoms. The largest absolute Gasteiger partial charge is 0.451 e. The number of benzene rings is 2. The minimum absolute atomic E-state index is 0.0594. The summed E-state index contributed by atoms with van der Waals surface area (Å²) < 4.78 is 39.2. The fourth-order valence-electron chi connectivity index (χ4n) is 8.99. The van der Waals surface area contributed by atoms with Crippen molar-refractivity contribution in [2.24, 2.45) is 23.7 Å². The molecule has 0 aliphatic carbocycles. The maximum absolute atomic E-state index is 15.0. The van der Waals surface area contributed by atoms with E-state index in [0.29, 0.717) is 16.7 Å². The first-order chi connectivity index (χ1) is 35.2. The van der Waals surface area contributed by atoms with Crippen molar-refractivity contribution in [3.63, 3.8) is 0 Å². The van der Waals surface area contributed by atoms with Gasteiger partial charge >= 0.3 is 23.9 Å². The van der Waals surface area contributed by atoms with Crippen LogP contribution < -0.4 is 0 Å². The van der Waals surface area contributed by atoms with Crippen LogP contribution in [0.5, 0.6) is 0 Å². The summed E-state index contributed by atoms with van der Waals surface area (Å²) in [5.74, 6) is -8.11. The lowest BCUT2D eigenvalue weighted by atomic mass is 9.99. The molecule has 19 heteroatoms. The average molecular weight is 1050 g/mol. The number of aromatic nitrogens is 2. The highest BCUT2D eigenvalue weighted by Gasteiger charge is 2.43. The van der Waals surface area contributed by atoms with Crippen LogP contribution in [0, 0.1) is 29.5 Å². The Morgan fingerprint density at radius 1 is 0.480 bits per heavy atom. The quantitative estimate of drug-likeness (QED) is 0.134. The Morgan fingerprint density at radius 3 is 1.20 bits per heavy atom. The van der Waals surface area contributed by atoms with Gasteiger partial charge in [-0.3, -0.25) is 23.9 Å². The van der Waals surface area contributed by atoms with Gasteiger partial charge in [0, 0.05) is 41.0 Å². The average Bonchev–Trinajstić information content (AvgIpc) is 3.76. The van der Waals surface area contributed by atoms with Crippen molar-refractivity contribution < 1.29 is 61.7 Å². The number of hydrogen-bond acceptors (Lipinski definition) is 13. The number of likely N-dealkylation sites (N-methyl/N-ethyl adjacent to an activating group) is 4. The summed E-state index contributed by atoms with van der Waals surface area (Å²) >= 11 is 0. The molecule has 1 aromatic heterocycles. The van der Waals surface area contributed by atoms with Crippen LogP contribution in [-0.2, 0) is 76.7 Å². The van der Waals surface area contributed by atoms with E-state index in [4.69, 9.17) is 18.9 Å². The number of cyclic esters (lactones) is 4. The molecule has 2 aromatic carbocycles. The molecule has 0 N–H and O–H groups in total. The molecule has 1 saturated heterocycles. The first-order valence-corrected chi connectivity index (χ1v) is 25.9. The van der Waals surface area contributed by atoms with E-state index in [2.05, 4.69) is 5.10 Å². The molecule has 0 spiro atoms. The van der Waals surface area contributed by atoms with E-state index in [-0.39, 0.29) is 68.7 Å². The highest BCUT2D eigenvalue weighted by Crippen LogP contribution is 2.24. The molecule has 3 aromatic rings. The van der Waals surface area contributed by atoms with E-state index < -0.39 is 102 Å². The molecule has 4 amide bonds. The lowest BCUT2D eigenvalue weighted by Crippen LogP contribution is -2.55. The second-order valence-corrected chi connectivity index (χ2v) is 21.5. The summed E-state index contributed by atoms with van der Waals surface area (Å²) in [5.41, 5.74) is 1.85. The van der Waals surface area contributed by atoms with Crippen LogP contribution in [-0.4, -0.2) is 154 Å². The van der Waals surface area contributed by atoms with Gasteiger partial charge in [-0.1, -0.05) is 110 Å². The summed E-state index contributed by atoms with van der Waals surface area (Å²) in [7, 11) is 5.48. The van der Waals surface area contributed by atoms with E-state index in [1.807, 2.05) is 55.4 Å². The number of ether oxygens (including phenoxy) is 4. The van der Waals surface area contributed by atoms with Crippen LogP contribution in [0.3, 0.4) is 0 Å². The monoisotopic (exact) mass is 1050 g/mol. The molecule has 8 atom stereocenters. The van der Waals surface area contributed by atoms with Crippen molar-refractivity contribution in [2.45, 2.75) is 163 Å². The molecule has 1 aliphatic heterocycles. The van der Waals surface area contributed by atoms with Crippen molar-refractivity contribution in [3.05, 3.63) is 89.5 Å². The number of rotatable bonds is 14. The Labute approximate surface area is 441 Å². The van der Waals surface area contributed by atoms with Crippen LogP contribution in [0.2, 0.25) is 0 Å². The van der Waals surface area contributed by atoms with Gasteiger partial charge in [0.1, 0.15) is 24.2 Å². The smallest absolute Gasteiger partial charge is 0.329 e. The third-order valence-corrected chi connectivity index (χ3v) is 13.1. The van der Waals surface area contributed by atoms with E-state index in [0.717, 1.165) is 25.8 Å². The van der Waals surface area contributed by atoms with Crippen LogP contribution in [0.4, 0.5) is 4.39 Å². The van der Waals surface area contributed by atoms with E-state index in [1.165, 1.54) is 52.9 Å². The van der Waals surface area contributed by atoms with Crippen molar-refractivity contribution in [1.29, 1.82) is 0 Å². The van der Waals surface area contributed by atoms with Crippen molar-refractivity contribution in [2.75, 3.05) is 28.2 Å². The maximum atomic E-state index is 15.0. The predicted octanol–water partition coefficient (Wildman–Crippen LogP) is 6.05. The molecular weight excluding hydrogens is 968 g/mol. The topological polar surface area (TPSA) is 204 Å². The van der Waals surface area contributed by atoms with Gasteiger partial charge < -0.3 is 38.5 Å². The fourth-order valence-corrected chi connectivity index (χ4v) is 8.99. The number of hydrogen-bond donors (Lipinski definition) is 0. The Morgan fingerprint density at radius 2 is 0.827 bits per heavy atom. The van der Waals surface area contributed by atoms with Gasteiger partial charge in [-0.2, -0.15) is 5.10 Å². The summed E-state index contributed by atoms with van der Waals surface area (Å²) in [5, 5.41) is 4.02. The lowest BCUT2D eigenvalue weighted by Gasteiger charge is -2.35. The van der Waals surface area contributed by atoms with Crippen molar-refractivity contribution in [3.8, 4) is 0 Å². The van der Waals surface area contributed by atoms with Crippen LogP contribution in [0.25, 0.3) is 0 Å². The number of halogens is 1. The van der Waals surface area contributed by atoms with Gasteiger partial charge in [0.05, 0.1) is 18.9 Å². The Balaban J connectivity index is 1.87. The number of esters is 4. The third kappa shape index (κ3) is 17.5. The minimum Gasteiger partial charge on any atom is -0.451 e. The first kappa shape index (κ1) is 60.9. The molecule has 1 fully saturated rings. The number of carbonyl (C=O) groups excluding carboxylic acids is 8. The van der Waals surface area contributed by atoms with Gasteiger partial charge in [0.2, 0.25) is 0 Å². The molecule has 4 rings (SSSR count). The molecule has 0 radical (unpaired) electrons. The van der Waals surface area contributed by atoms with Gasteiger partial charge in [-0.15, -0.1) is 0 Å². The van der Waals surface area contributed by atoms with Gasteiger partial charge in [-0.25, -0.2) is 23.6 Å². The SMILES string of the molecule is CC(C)C[C@H]1C(=O)O[C@H](Cc2cccc(Cn3cc(F)cn3)c2)C(=O)N(C)[C@@H](CC(C)C)C(=O)O[C@H](C)C(=O)N(C)[C@@H](CC(C)C)C(=O)O[C@H](Cc2ccccc2)C(=O)N(C)[C@@H](CC(C)C)C(=O)O[C@H](C)C(=O)N1C. The second kappa shape index (κ2) is 27.8. The van der Waals surface area contributed by atoms with Gasteiger partial charge in [-0.05, 0) is 79.9 Å². The lowest BCUT2D eigenvalue weighted by molar-refractivity contribution is -0.176. The predicted molar refractivity (Wildman–Crippen MR) is 276 cm³/mol. The van der Waals surface area contributed by atoms with Crippen LogP contribution in [0.15, 0.2) is 67.0 Å². The first-order valence-electron chi connectivity index (χ1n) is 25.9. The maximum Gasteiger partial charge on any atom is 0.329 e. The standard InChI is InChI=1S/C56H79FN6O12/c1-33(2)23-43-53(68)72-38(10)50(65)60(12)46(26-36(7)8)56(71)75-48(29-40-21-18-22-41(27-40)31-63-32-42(57)30-58-63)52(67)62(14)44(24-34(3)4)54(69)73-37(9)49(64)59(11)45(25-35(5)6)55(70)74-47(51(66)61(43)13)28-39-19-16-15-17-20-39/h15-22,27,30,32-38,43-48H,23-26,28-29,31H2,1-14H3/t37-,38-,43+,44+,45+,46+,47-,48-/m1/s1.